The van der Waals surface area contributed by atoms with E-state index in [1.165, 1.54) is 16.7 Å². The highest BCUT2D eigenvalue weighted by Gasteiger charge is 2.26. The van der Waals surface area contributed by atoms with E-state index in [0.29, 0.717) is 6.04 Å². The van der Waals surface area contributed by atoms with Crippen molar-refractivity contribution in [3.05, 3.63) is 102 Å². The summed E-state index contributed by atoms with van der Waals surface area (Å²) in [6.07, 6.45) is 0. The third-order valence-electron chi connectivity index (χ3n) is 5.59. The van der Waals surface area contributed by atoms with Crippen LogP contribution >= 0.6 is 0 Å². The molecule has 3 aromatic rings. The summed E-state index contributed by atoms with van der Waals surface area (Å²) in [5, 5.41) is 0. The molecule has 1 saturated heterocycles. The molecule has 4 rings (SSSR count). The molecule has 3 heteroatoms. The second-order valence-corrected chi connectivity index (χ2v) is 7.35. The van der Waals surface area contributed by atoms with Crippen LogP contribution in [0.3, 0.4) is 0 Å². The van der Waals surface area contributed by atoms with Gasteiger partial charge in [0.1, 0.15) is 5.75 Å². The summed E-state index contributed by atoms with van der Waals surface area (Å²) < 4.78 is 5.52. The molecule has 0 aromatic heterocycles. The van der Waals surface area contributed by atoms with Gasteiger partial charge in [0.05, 0.1) is 13.2 Å². The fourth-order valence-corrected chi connectivity index (χ4v) is 4.14. The molecule has 0 bridgehead atoms. The minimum atomic E-state index is 0.316. The first-order valence-electron chi connectivity index (χ1n) is 10.0. The smallest absolute Gasteiger partial charge is 0.123 e. The SMILES string of the molecule is COc1ccccc1CN1CCN(C(c2ccccc2)c2ccccc2)CC1. The quantitative estimate of drug-likeness (QED) is 0.629. The Morgan fingerprint density at radius 3 is 1.82 bits per heavy atom. The summed E-state index contributed by atoms with van der Waals surface area (Å²) >= 11 is 0. The summed E-state index contributed by atoms with van der Waals surface area (Å²) in [5.74, 6) is 0.983. The van der Waals surface area contributed by atoms with Crippen LogP contribution in [0.1, 0.15) is 22.7 Å². The minimum absolute atomic E-state index is 0.316. The van der Waals surface area contributed by atoms with E-state index < -0.39 is 0 Å². The van der Waals surface area contributed by atoms with Crippen molar-refractivity contribution in [3.8, 4) is 5.75 Å². The van der Waals surface area contributed by atoms with E-state index in [1.807, 2.05) is 12.1 Å². The summed E-state index contributed by atoms with van der Waals surface area (Å²) in [4.78, 5) is 5.14. The second-order valence-electron chi connectivity index (χ2n) is 7.35. The molecule has 0 aliphatic carbocycles. The lowest BCUT2D eigenvalue weighted by Crippen LogP contribution is -2.47. The number of rotatable bonds is 6. The number of methoxy groups -OCH3 is 1. The Bertz CT molecular complexity index is 818. The van der Waals surface area contributed by atoms with Crippen LogP contribution in [0.25, 0.3) is 0 Å². The summed E-state index contributed by atoms with van der Waals surface area (Å²) in [6.45, 7) is 5.19. The molecule has 0 N–H and O–H groups in total. The molecule has 1 fully saturated rings. The highest BCUT2D eigenvalue weighted by Crippen LogP contribution is 2.30. The van der Waals surface area contributed by atoms with Crippen molar-refractivity contribution in [2.24, 2.45) is 0 Å². The highest BCUT2D eigenvalue weighted by atomic mass is 16.5. The lowest BCUT2D eigenvalue weighted by Gasteiger charge is -2.40. The molecule has 1 aliphatic rings. The van der Waals surface area contributed by atoms with Crippen LogP contribution < -0.4 is 4.74 Å². The molecule has 3 aromatic carbocycles. The van der Waals surface area contributed by atoms with Gasteiger partial charge >= 0.3 is 0 Å². The van der Waals surface area contributed by atoms with Crippen LogP contribution in [0.5, 0.6) is 5.75 Å². The first kappa shape index (κ1) is 18.7. The van der Waals surface area contributed by atoms with Crippen molar-refractivity contribution in [3.63, 3.8) is 0 Å². The van der Waals surface area contributed by atoms with E-state index in [4.69, 9.17) is 4.74 Å². The number of nitrogens with zero attached hydrogens (tertiary/aromatic N) is 2. The first-order valence-corrected chi connectivity index (χ1v) is 10.0. The molecule has 3 nitrogen and oxygen atoms in total. The summed E-state index contributed by atoms with van der Waals surface area (Å²) in [5.41, 5.74) is 4.00. The topological polar surface area (TPSA) is 15.7 Å². The van der Waals surface area contributed by atoms with E-state index >= 15 is 0 Å². The Balaban J connectivity index is 1.47. The van der Waals surface area contributed by atoms with Crippen molar-refractivity contribution < 1.29 is 4.74 Å². The molecule has 1 aliphatic heterocycles. The van der Waals surface area contributed by atoms with Crippen LogP contribution in [-0.2, 0) is 6.54 Å². The minimum Gasteiger partial charge on any atom is -0.496 e. The number of piperazine rings is 1. The second kappa shape index (κ2) is 9.05. The van der Waals surface area contributed by atoms with Gasteiger partial charge in [0.15, 0.2) is 0 Å². The molecular formula is C25H28N2O. The van der Waals surface area contributed by atoms with Crippen LogP contribution in [0.4, 0.5) is 0 Å². The standard InChI is InChI=1S/C25H28N2O/c1-28-24-15-9-8-14-23(24)20-26-16-18-27(19-17-26)25(21-10-4-2-5-11-21)22-12-6-3-7-13-22/h2-15,25H,16-20H2,1H3. The molecule has 0 radical (unpaired) electrons. The normalized spacial score (nSPS) is 15.6. The van der Waals surface area contributed by atoms with Crippen LogP contribution in [-0.4, -0.2) is 43.1 Å². The van der Waals surface area contributed by atoms with Crippen molar-refractivity contribution in [2.45, 2.75) is 12.6 Å². The Labute approximate surface area is 168 Å². The van der Waals surface area contributed by atoms with Gasteiger partial charge in [-0.1, -0.05) is 78.9 Å². The van der Waals surface area contributed by atoms with Crippen LogP contribution in [0.15, 0.2) is 84.9 Å². The van der Waals surface area contributed by atoms with E-state index in [-0.39, 0.29) is 0 Å². The zero-order valence-corrected chi connectivity index (χ0v) is 16.5. The van der Waals surface area contributed by atoms with Gasteiger partial charge in [0.25, 0.3) is 0 Å². The molecule has 0 unspecified atom stereocenters. The largest absolute Gasteiger partial charge is 0.496 e. The molecular weight excluding hydrogens is 344 g/mol. The number of hydrogen-bond acceptors (Lipinski definition) is 3. The number of ether oxygens (including phenoxy) is 1. The zero-order chi connectivity index (χ0) is 19.2. The van der Waals surface area contributed by atoms with Gasteiger partial charge < -0.3 is 4.74 Å². The van der Waals surface area contributed by atoms with Gasteiger partial charge in [0.2, 0.25) is 0 Å². The maximum atomic E-state index is 5.52. The van der Waals surface area contributed by atoms with E-state index in [2.05, 4.69) is 82.6 Å². The molecule has 0 saturated carbocycles. The molecule has 1 heterocycles. The van der Waals surface area contributed by atoms with Gasteiger partial charge in [0, 0.05) is 38.3 Å². The van der Waals surface area contributed by atoms with Crippen molar-refractivity contribution in [1.29, 1.82) is 0 Å². The summed E-state index contributed by atoms with van der Waals surface area (Å²) in [6, 6.07) is 30.4. The highest BCUT2D eigenvalue weighted by molar-refractivity contribution is 5.34. The fraction of sp³-hybridized carbons (Fsp3) is 0.280. The van der Waals surface area contributed by atoms with Gasteiger partial charge in [-0.15, -0.1) is 0 Å². The lowest BCUT2D eigenvalue weighted by atomic mass is 9.96. The number of para-hydroxylation sites is 1. The zero-order valence-electron chi connectivity index (χ0n) is 16.5. The number of benzene rings is 3. The average Bonchev–Trinajstić information content (AvgIpc) is 2.77. The molecule has 0 spiro atoms. The molecule has 28 heavy (non-hydrogen) atoms. The fourth-order valence-electron chi connectivity index (χ4n) is 4.14. The van der Waals surface area contributed by atoms with Crippen molar-refractivity contribution in [2.75, 3.05) is 33.3 Å². The van der Waals surface area contributed by atoms with Crippen LogP contribution in [0, 0.1) is 0 Å². The molecule has 0 amide bonds. The number of hydrogen-bond donors (Lipinski definition) is 0. The van der Waals surface area contributed by atoms with Gasteiger partial charge in [-0.25, -0.2) is 0 Å². The Morgan fingerprint density at radius 2 is 1.25 bits per heavy atom. The maximum absolute atomic E-state index is 5.52. The monoisotopic (exact) mass is 372 g/mol. The predicted molar refractivity (Wildman–Crippen MR) is 115 cm³/mol. The van der Waals surface area contributed by atoms with E-state index in [1.54, 1.807) is 7.11 Å². The lowest BCUT2D eigenvalue weighted by molar-refractivity contribution is 0.104. The van der Waals surface area contributed by atoms with E-state index in [9.17, 15) is 0 Å². The van der Waals surface area contributed by atoms with Gasteiger partial charge in [-0.2, -0.15) is 0 Å². The maximum Gasteiger partial charge on any atom is 0.123 e. The third-order valence-corrected chi connectivity index (χ3v) is 5.59. The molecule has 0 atom stereocenters. The predicted octanol–water partition coefficient (Wildman–Crippen LogP) is 4.60. The Kier molecular flexibility index (Phi) is 6.05. The van der Waals surface area contributed by atoms with Crippen LogP contribution in [0.2, 0.25) is 0 Å². The summed E-state index contributed by atoms with van der Waals surface area (Å²) in [7, 11) is 1.75. The Morgan fingerprint density at radius 1 is 0.714 bits per heavy atom. The average molecular weight is 373 g/mol. The third kappa shape index (κ3) is 4.27. The first-order chi connectivity index (χ1) is 13.8. The van der Waals surface area contributed by atoms with E-state index in [0.717, 1.165) is 38.5 Å². The van der Waals surface area contributed by atoms with Gasteiger partial charge in [-0.3, -0.25) is 9.80 Å². The molecule has 144 valence electrons. The van der Waals surface area contributed by atoms with Crippen molar-refractivity contribution >= 4 is 0 Å². The van der Waals surface area contributed by atoms with Crippen molar-refractivity contribution in [1.82, 2.24) is 9.80 Å². The van der Waals surface area contributed by atoms with Gasteiger partial charge in [-0.05, 0) is 17.2 Å². The Hall–Kier alpha value is -2.62.